The van der Waals surface area contributed by atoms with Gasteiger partial charge >= 0.3 is 6.18 Å². The summed E-state index contributed by atoms with van der Waals surface area (Å²) in [6, 6.07) is 1.89. The van der Waals surface area contributed by atoms with Gasteiger partial charge in [-0.1, -0.05) is 11.6 Å². The molecule has 0 aliphatic carbocycles. The molecule has 7 heteroatoms. The Labute approximate surface area is 126 Å². The van der Waals surface area contributed by atoms with Crippen molar-refractivity contribution in [1.29, 1.82) is 0 Å². The predicted octanol–water partition coefficient (Wildman–Crippen LogP) is 3.32. The number of benzene rings is 1. The highest BCUT2D eigenvalue weighted by Gasteiger charge is 2.36. The first-order valence-electron chi connectivity index (χ1n) is 6.62. The number of ether oxygens (including phenoxy) is 1. The molecular formula is C14H18ClF3N2O. The van der Waals surface area contributed by atoms with Crippen LogP contribution in [0.25, 0.3) is 0 Å². The minimum absolute atomic E-state index is 0.0798. The van der Waals surface area contributed by atoms with Crippen molar-refractivity contribution < 1.29 is 17.9 Å². The highest BCUT2D eigenvalue weighted by molar-refractivity contribution is 6.31. The van der Waals surface area contributed by atoms with Crippen molar-refractivity contribution in [3.8, 4) is 5.75 Å². The molecule has 0 spiro atoms. The Kier molecular flexibility index (Phi) is 4.70. The fourth-order valence-electron chi connectivity index (χ4n) is 2.86. The lowest BCUT2D eigenvalue weighted by atomic mass is 9.97. The number of hydrogen-bond acceptors (Lipinski definition) is 3. The van der Waals surface area contributed by atoms with Crippen LogP contribution in [-0.2, 0) is 6.18 Å². The van der Waals surface area contributed by atoms with Gasteiger partial charge in [0.2, 0.25) is 0 Å². The van der Waals surface area contributed by atoms with Crippen molar-refractivity contribution in [2.24, 2.45) is 11.7 Å². The van der Waals surface area contributed by atoms with Crippen molar-refractivity contribution in [2.45, 2.75) is 18.6 Å². The van der Waals surface area contributed by atoms with E-state index in [1.54, 1.807) is 0 Å². The Morgan fingerprint density at radius 3 is 2.57 bits per heavy atom. The molecular weight excluding hydrogens is 305 g/mol. The number of halogens is 4. The number of rotatable bonds is 3. The zero-order valence-electron chi connectivity index (χ0n) is 11.9. The third kappa shape index (κ3) is 3.27. The molecule has 2 rings (SSSR count). The molecule has 0 aromatic heterocycles. The molecule has 118 valence electrons. The molecule has 1 heterocycles. The van der Waals surface area contributed by atoms with Gasteiger partial charge in [0.15, 0.2) is 0 Å². The second kappa shape index (κ2) is 6.02. The van der Waals surface area contributed by atoms with Crippen molar-refractivity contribution in [3.05, 3.63) is 28.3 Å². The molecule has 1 aromatic carbocycles. The van der Waals surface area contributed by atoms with Gasteiger partial charge in [-0.3, -0.25) is 4.90 Å². The van der Waals surface area contributed by atoms with E-state index in [2.05, 4.69) is 4.90 Å². The molecule has 2 atom stereocenters. The average molecular weight is 323 g/mol. The van der Waals surface area contributed by atoms with E-state index in [4.69, 9.17) is 22.1 Å². The Hall–Kier alpha value is -0.980. The monoisotopic (exact) mass is 322 g/mol. The van der Waals surface area contributed by atoms with E-state index in [1.165, 1.54) is 7.11 Å². The molecule has 2 unspecified atom stereocenters. The highest BCUT2D eigenvalue weighted by Crippen LogP contribution is 2.44. The molecule has 1 aromatic rings. The molecule has 3 nitrogen and oxygen atoms in total. The van der Waals surface area contributed by atoms with Crippen molar-refractivity contribution in [2.75, 3.05) is 27.2 Å². The average Bonchev–Trinajstić information content (AvgIpc) is 2.77. The number of methoxy groups -OCH3 is 1. The fraction of sp³-hybridized carbons (Fsp3) is 0.571. The summed E-state index contributed by atoms with van der Waals surface area (Å²) in [6.07, 6.45) is -3.69. The molecule has 1 aliphatic heterocycles. The Morgan fingerprint density at radius 2 is 2.10 bits per heavy atom. The maximum absolute atomic E-state index is 12.8. The second-order valence-electron chi connectivity index (χ2n) is 5.36. The SMILES string of the molecule is COc1cc(C(F)(F)F)cc(Cl)c1C1CC(CN)CN1C. The van der Waals surface area contributed by atoms with E-state index in [9.17, 15) is 13.2 Å². The molecule has 0 bridgehead atoms. The number of hydrogen-bond donors (Lipinski definition) is 1. The van der Waals surface area contributed by atoms with Gasteiger partial charge in [0.05, 0.1) is 12.7 Å². The quantitative estimate of drug-likeness (QED) is 0.927. The van der Waals surface area contributed by atoms with Crippen LogP contribution >= 0.6 is 11.6 Å². The van der Waals surface area contributed by atoms with Gasteiger partial charge in [-0.05, 0) is 38.1 Å². The van der Waals surface area contributed by atoms with E-state index in [-0.39, 0.29) is 16.8 Å². The molecule has 1 saturated heterocycles. The molecule has 0 radical (unpaired) electrons. The third-order valence-corrected chi connectivity index (χ3v) is 4.25. The smallest absolute Gasteiger partial charge is 0.416 e. The number of nitrogens with two attached hydrogens (primary N) is 1. The Balaban J connectivity index is 2.45. The molecule has 0 amide bonds. The van der Waals surface area contributed by atoms with Crippen LogP contribution in [0.15, 0.2) is 12.1 Å². The van der Waals surface area contributed by atoms with Gasteiger partial charge in [-0.15, -0.1) is 0 Å². The first-order valence-corrected chi connectivity index (χ1v) is 7.00. The predicted molar refractivity (Wildman–Crippen MR) is 75.5 cm³/mol. The zero-order chi connectivity index (χ0) is 15.8. The zero-order valence-corrected chi connectivity index (χ0v) is 12.6. The van der Waals surface area contributed by atoms with Crippen LogP contribution in [0.1, 0.15) is 23.6 Å². The largest absolute Gasteiger partial charge is 0.496 e. The van der Waals surface area contributed by atoms with Crippen LogP contribution in [-0.4, -0.2) is 32.1 Å². The van der Waals surface area contributed by atoms with Gasteiger partial charge in [-0.25, -0.2) is 0 Å². The van der Waals surface area contributed by atoms with Crippen LogP contribution in [0, 0.1) is 5.92 Å². The van der Waals surface area contributed by atoms with Crippen LogP contribution in [0.3, 0.4) is 0 Å². The summed E-state index contributed by atoms with van der Waals surface area (Å²) in [5, 5.41) is 0.0798. The number of nitrogens with zero attached hydrogens (tertiary/aromatic N) is 1. The Morgan fingerprint density at radius 1 is 1.43 bits per heavy atom. The molecule has 1 aliphatic rings. The van der Waals surface area contributed by atoms with E-state index >= 15 is 0 Å². The maximum Gasteiger partial charge on any atom is 0.416 e. The van der Waals surface area contributed by atoms with Crippen molar-refractivity contribution >= 4 is 11.6 Å². The lowest BCUT2D eigenvalue weighted by Crippen LogP contribution is -2.21. The number of likely N-dealkylation sites (tertiary alicyclic amines) is 1. The first kappa shape index (κ1) is 16.4. The van der Waals surface area contributed by atoms with Gasteiger partial charge in [0.1, 0.15) is 5.75 Å². The maximum atomic E-state index is 12.8. The second-order valence-corrected chi connectivity index (χ2v) is 5.77. The standard InChI is InChI=1S/C14H18ClF3N2O/c1-20-7-8(6-19)3-11(20)13-10(15)4-9(14(16,17)18)5-12(13)21-2/h4-5,8,11H,3,6-7,19H2,1-2H3. The lowest BCUT2D eigenvalue weighted by Gasteiger charge is -2.24. The van der Waals surface area contributed by atoms with Crippen LogP contribution in [0.2, 0.25) is 5.02 Å². The van der Waals surface area contributed by atoms with Gasteiger partial charge in [0, 0.05) is 23.2 Å². The van der Waals surface area contributed by atoms with Crippen molar-refractivity contribution in [3.63, 3.8) is 0 Å². The van der Waals surface area contributed by atoms with E-state index in [0.29, 0.717) is 18.0 Å². The summed E-state index contributed by atoms with van der Waals surface area (Å²) in [5.41, 5.74) is 5.49. The summed E-state index contributed by atoms with van der Waals surface area (Å²) in [5.74, 6) is 0.479. The minimum atomic E-state index is -4.45. The van der Waals surface area contributed by atoms with Gasteiger partial charge in [-0.2, -0.15) is 13.2 Å². The lowest BCUT2D eigenvalue weighted by molar-refractivity contribution is -0.137. The molecule has 0 saturated carbocycles. The molecule has 21 heavy (non-hydrogen) atoms. The van der Waals surface area contributed by atoms with E-state index < -0.39 is 11.7 Å². The van der Waals surface area contributed by atoms with Gasteiger partial charge in [0.25, 0.3) is 0 Å². The highest BCUT2D eigenvalue weighted by atomic mass is 35.5. The topological polar surface area (TPSA) is 38.5 Å². The van der Waals surface area contributed by atoms with E-state index in [1.807, 2.05) is 7.05 Å². The summed E-state index contributed by atoms with van der Waals surface area (Å²) in [7, 11) is 3.26. The molecule has 2 N–H and O–H groups in total. The first-order chi connectivity index (χ1) is 9.77. The normalized spacial score (nSPS) is 23.6. The van der Waals surface area contributed by atoms with Gasteiger partial charge < -0.3 is 10.5 Å². The van der Waals surface area contributed by atoms with E-state index in [0.717, 1.165) is 25.1 Å². The minimum Gasteiger partial charge on any atom is -0.496 e. The van der Waals surface area contributed by atoms with Crippen LogP contribution in [0.5, 0.6) is 5.75 Å². The summed E-state index contributed by atoms with van der Waals surface area (Å²) < 4.78 is 43.7. The number of alkyl halides is 3. The molecule has 1 fully saturated rings. The summed E-state index contributed by atoms with van der Waals surface area (Å²) >= 11 is 6.12. The van der Waals surface area contributed by atoms with Crippen LogP contribution in [0.4, 0.5) is 13.2 Å². The Bertz CT molecular complexity index is 522. The summed E-state index contributed by atoms with van der Waals surface area (Å²) in [6.45, 7) is 1.34. The van der Waals surface area contributed by atoms with Crippen LogP contribution < -0.4 is 10.5 Å². The third-order valence-electron chi connectivity index (χ3n) is 3.94. The summed E-state index contributed by atoms with van der Waals surface area (Å²) in [4.78, 5) is 2.05. The van der Waals surface area contributed by atoms with Crippen molar-refractivity contribution in [1.82, 2.24) is 4.90 Å². The fourth-order valence-corrected chi connectivity index (χ4v) is 3.20.